The molecule has 0 unspecified atom stereocenters. The quantitative estimate of drug-likeness (QED) is 0.943. The molecule has 22 heavy (non-hydrogen) atoms. The Morgan fingerprint density at radius 3 is 2.64 bits per heavy atom. The van der Waals surface area contributed by atoms with Crippen LogP contribution in [-0.4, -0.2) is 25.5 Å². The third-order valence-electron chi connectivity index (χ3n) is 4.34. The minimum Gasteiger partial charge on any atom is -0.309 e. The molecular weight excluding hydrogens is 278 g/mol. The van der Waals surface area contributed by atoms with E-state index in [1.165, 1.54) is 25.7 Å². The summed E-state index contributed by atoms with van der Waals surface area (Å²) in [6.45, 7) is 4.11. The Kier molecular flexibility index (Phi) is 4.00. The number of rotatable bonds is 4. The fraction of sp³-hybridized carbons (Fsp3) is 0.562. The summed E-state index contributed by atoms with van der Waals surface area (Å²) in [7, 11) is 1.87. The molecule has 1 N–H and O–H groups in total. The van der Waals surface area contributed by atoms with Crippen LogP contribution in [0.25, 0.3) is 0 Å². The maximum Gasteiger partial charge on any atom is 0.247 e. The van der Waals surface area contributed by atoms with Gasteiger partial charge in [0.25, 0.3) is 0 Å². The van der Waals surface area contributed by atoms with Crippen LogP contribution in [0.2, 0.25) is 0 Å². The van der Waals surface area contributed by atoms with E-state index in [9.17, 15) is 4.79 Å². The van der Waals surface area contributed by atoms with Crippen molar-refractivity contribution < 1.29 is 4.79 Å². The third kappa shape index (κ3) is 3.05. The lowest BCUT2D eigenvalue weighted by molar-refractivity contribution is -0.117. The van der Waals surface area contributed by atoms with Gasteiger partial charge in [-0.2, -0.15) is 10.2 Å². The molecule has 0 bridgehead atoms. The first kappa shape index (κ1) is 14.8. The summed E-state index contributed by atoms with van der Waals surface area (Å²) < 4.78 is 3.48. The number of carbonyl (C=O) groups is 1. The van der Waals surface area contributed by atoms with Crippen molar-refractivity contribution in [3.63, 3.8) is 0 Å². The molecule has 0 radical (unpaired) electrons. The highest BCUT2D eigenvalue weighted by atomic mass is 16.2. The molecule has 2 aromatic rings. The zero-order valence-electron chi connectivity index (χ0n) is 13.5. The van der Waals surface area contributed by atoms with Crippen molar-refractivity contribution in [2.75, 3.05) is 5.32 Å². The van der Waals surface area contributed by atoms with Crippen LogP contribution in [0, 0.1) is 13.8 Å². The number of aryl methyl sites for hydroxylation is 3. The highest BCUT2D eigenvalue weighted by Gasteiger charge is 2.21. The van der Waals surface area contributed by atoms with Gasteiger partial charge in [0.2, 0.25) is 5.91 Å². The van der Waals surface area contributed by atoms with Crippen molar-refractivity contribution in [2.45, 2.75) is 52.0 Å². The van der Waals surface area contributed by atoms with Crippen molar-refractivity contribution in [3.8, 4) is 0 Å². The summed E-state index contributed by atoms with van der Waals surface area (Å²) >= 11 is 0. The summed E-state index contributed by atoms with van der Waals surface area (Å²) in [6, 6.07) is 3.98. The molecule has 0 spiro atoms. The molecule has 0 aliphatic heterocycles. The summed E-state index contributed by atoms with van der Waals surface area (Å²) in [6.07, 6.45) is 4.97. The van der Waals surface area contributed by atoms with Crippen molar-refractivity contribution in [1.82, 2.24) is 19.6 Å². The molecule has 3 rings (SSSR count). The molecule has 6 nitrogen and oxygen atoms in total. The number of hydrogen-bond acceptors (Lipinski definition) is 3. The van der Waals surface area contributed by atoms with Crippen LogP contribution in [0.15, 0.2) is 12.1 Å². The van der Waals surface area contributed by atoms with Crippen molar-refractivity contribution >= 4 is 11.7 Å². The Morgan fingerprint density at radius 2 is 2.00 bits per heavy atom. The molecule has 1 fully saturated rings. The minimum absolute atomic E-state index is 0.0767. The molecule has 118 valence electrons. The van der Waals surface area contributed by atoms with Crippen LogP contribution in [0.5, 0.6) is 0 Å². The first-order valence-electron chi connectivity index (χ1n) is 7.88. The van der Waals surface area contributed by atoms with Gasteiger partial charge in [0.1, 0.15) is 12.4 Å². The van der Waals surface area contributed by atoms with Gasteiger partial charge in [-0.15, -0.1) is 0 Å². The lowest BCUT2D eigenvalue weighted by Gasteiger charge is -2.06. The van der Waals surface area contributed by atoms with E-state index in [4.69, 9.17) is 0 Å². The summed E-state index contributed by atoms with van der Waals surface area (Å²) in [5, 5.41) is 11.8. The Hall–Kier alpha value is -2.11. The Balaban J connectivity index is 1.67. The normalized spacial score (nSPS) is 15.4. The van der Waals surface area contributed by atoms with Crippen molar-refractivity contribution in [3.05, 3.63) is 29.2 Å². The summed E-state index contributed by atoms with van der Waals surface area (Å²) in [4.78, 5) is 12.2. The molecule has 0 atom stereocenters. The number of nitrogens with zero attached hydrogens (tertiary/aromatic N) is 4. The number of aromatic nitrogens is 4. The van der Waals surface area contributed by atoms with Crippen LogP contribution in [-0.2, 0) is 18.4 Å². The molecule has 0 saturated heterocycles. The number of carbonyl (C=O) groups excluding carboxylic acids is 1. The van der Waals surface area contributed by atoms with E-state index in [0.29, 0.717) is 5.92 Å². The van der Waals surface area contributed by atoms with Gasteiger partial charge in [0.15, 0.2) is 0 Å². The van der Waals surface area contributed by atoms with Gasteiger partial charge in [0, 0.05) is 24.7 Å². The Morgan fingerprint density at radius 1 is 1.27 bits per heavy atom. The third-order valence-corrected chi connectivity index (χ3v) is 4.34. The van der Waals surface area contributed by atoms with E-state index in [0.717, 1.165) is 22.9 Å². The first-order chi connectivity index (χ1) is 10.5. The second-order valence-corrected chi connectivity index (χ2v) is 6.19. The maximum absolute atomic E-state index is 12.2. The van der Waals surface area contributed by atoms with Gasteiger partial charge in [-0.1, -0.05) is 12.8 Å². The van der Waals surface area contributed by atoms with E-state index in [1.807, 2.05) is 33.0 Å². The Bertz CT molecular complexity index is 679. The van der Waals surface area contributed by atoms with Crippen LogP contribution < -0.4 is 5.32 Å². The van der Waals surface area contributed by atoms with E-state index in [1.54, 1.807) is 9.36 Å². The zero-order valence-corrected chi connectivity index (χ0v) is 13.5. The van der Waals surface area contributed by atoms with Crippen LogP contribution in [0.1, 0.15) is 48.7 Å². The predicted molar refractivity (Wildman–Crippen MR) is 84.7 cm³/mol. The predicted octanol–water partition coefficient (Wildman–Crippen LogP) is 2.53. The number of nitrogens with one attached hydrogen (secondary N) is 1. The van der Waals surface area contributed by atoms with E-state index < -0.39 is 0 Å². The van der Waals surface area contributed by atoms with Gasteiger partial charge in [-0.25, -0.2) is 0 Å². The minimum atomic E-state index is -0.0767. The molecule has 2 heterocycles. The lowest BCUT2D eigenvalue weighted by Crippen LogP contribution is -2.21. The smallest absolute Gasteiger partial charge is 0.247 e. The monoisotopic (exact) mass is 301 g/mol. The van der Waals surface area contributed by atoms with Gasteiger partial charge in [-0.05, 0) is 32.8 Å². The average molecular weight is 301 g/mol. The van der Waals surface area contributed by atoms with Gasteiger partial charge < -0.3 is 5.32 Å². The SMILES string of the molecule is Cc1cc(C)n(CC(=O)Nc2cc(C3CCCC3)nn2C)n1. The number of amides is 1. The topological polar surface area (TPSA) is 64.7 Å². The van der Waals surface area contributed by atoms with Crippen LogP contribution in [0.4, 0.5) is 5.82 Å². The fourth-order valence-electron chi connectivity index (χ4n) is 3.18. The van der Waals surface area contributed by atoms with Gasteiger partial charge in [-0.3, -0.25) is 14.2 Å². The molecule has 1 aliphatic rings. The average Bonchev–Trinajstić information content (AvgIpc) is 3.14. The van der Waals surface area contributed by atoms with Gasteiger partial charge >= 0.3 is 0 Å². The Labute approximate surface area is 130 Å². The summed E-state index contributed by atoms with van der Waals surface area (Å²) in [5.74, 6) is 1.23. The molecule has 0 aromatic carbocycles. The highest BCUT2D eigenvalue weighted by molar-refractivity contribution is 5.89. The maximum atomic E-state index is 12.2. The van der Waals surface area contributed by atoms with E-state index >= 15 is 0 Å². The molecule has 1 saturated carbocycles. The molecule has 6 heteroatoms. The summed E-state index contributed by atoms with van der Waals surface area (Å²) in [5.41, 5.74) is 3.01. The van der Waals surface area contributed by atoms with E-state index in [-0.39, 0.29) is 12.5 Å². The van der Waals surface area contributed by atoms with Crippen molar-refractivity contribution in [2.24, 2.45) is 7.05 Å². The zero-order chi connectivity index (χ0) is 15.7. The highest BCUT2D eigenvalue weighted by Crippen LogP contribution is 2.34. The first-order valence-corrected chi connectivity index (χ1v) is 7.88. The van der Waals surface area contributed by atoms with Gasteiger partial charge in [0.05, 0.1) is 11.4 Å². The van der Waals surface area contributed by atoms with E-state index in [2.05, 4.69) is 15.5 Å². The van der Waals surface area contributed by atoms with Crippen molar-refractivity contribution in [1.29, 1.82) is 0 Å². The molecule has 1 aliphatic carbocycles. The molecular formula is C16H23N5O. The molecule has 1 amide bonds. The van der Waals surface area contributed by atoms with Crippen LogP contribution >= 0.6 is 0 Å². The van der Waals surface area contributed by atoms with Crippen LogP contribution in [0.3, 0.4) is 0 Å². The lowest BCUT2D eigenvalue weighted by atomic mass is 10.0. The number of hydrogen-bond donors (Lipinski definition) is 1. The fourth-order valence-corrected chi connectivity index (χ4v) is 3.18. The number of anilines is 1. The standard InChI is InChI=1S/C16H23N5O/c1-11-8-12(2)21(18-11)10-16(22)17-15-9-14(19-20(15)3)13-6-4-5-7-13/h8-9,13H,4-7,10H2,1-3H3,(H,17,22). The largest absolute Gasteiger partial charge is 0.309 e. The molecule has 2 aromatic heterocycles. The second-order valence-electron chi connectivity index (χ2n) is 6.19. The second kappa shape index (κ2) is 5.94.